The standard InChI is InChI=1S/C20H24ClN3O2S/c21-17-8-4-3-7-16(17)20-23-15(14-27-20)13-18(25)22-10-6-12-24-11-5-1-2-9-19(24)26/h3-4,7-8,14H,1-2,5-6,9-13H2,(H,22,25). The van der Waals surface area contributed by atoms with E-state index in [1.54, 1.807) is 0 Å². The molecule has 1 fully saturated rings. The molecule has 7 heteroatoms. The Bertz CT molecular complexity index is 793. The number of benzene rings is 1. The molecule has 0 saturated carbocycles. The molecular weight excluding hydrogens is 382 g/mol. The van der Waals surface area contributed by atoms with E-state index in [2.05, 4.69) is 10.3 Å². The van der Waals surface area contributed by atoms with Gasteiger partial charge in [0.05, 0.1) is 17.1 Å². The van der Waals surface area contributed by atoms with Crippen molar-refractivity contribution >= 4 is 34.8 Å². The quantitative estimate of drug-likeness (QED) is 0.710. The van der Waals surface area contributed by atoms with Crippen molar-refractivity contribution in [2.24, 2.45) is 0 Å². The van der Waals surface area contributed by atoms with Gasteiger partial charge < -0.3 is 10.2 Å². The molecule has 0 aliphatic carbocycles. The van der Waals surface area contributed by atoms with Gasteiger partial charge in [-0.25, -0.2) is 4.98 Å². The van der Waals surface area contributed by atoms with Crippen LogP contribution in [0.25, 0.3) is 10.6 Å². The summed E-state index contributed by atoms with van der Waals surface area (Å²) < 4.78 is 0. The van der Waals surface area contributed by atoms with Gasteiger partial charge >= 0.3 is 0 Å². The van der Waals surface area contributed by atoms with Crippen LogP contribution in [0.15, 0.2) is 29.6 Å². The van der Waals surface area contributed by atoms with Gasteiger partial charge in [-0.15, -0.1) is 11.3 Å². The Balaban J connectivity index is 1.42. The minimum atomic E-state index is -0.0480. The minimum absolute atomic E-state index is 0.0480. The lowest BCUT2D eigenvalue weighted by atomic mass is 10.2. The molecule has 1 aliphatic rings. The summed E-state index contributed by atoms with van der Waals surface area (Å²) >= 11 is 7.69. The first-order valence-electron chi connectivity index (χ1n) is 9.37. The fraction of sp³-hybridized carbons (Fsp3) is 0.450. The molecule has 0 spiro atoms. The predicted molar refractivity (Wildman–Crippen MR) is 109 cm³/mol. The molecule has 1 aromatic carbocycles. The highest BCUT2D eigenvalue weighted by Gasteiger charge is 2.16. The summed E-state index contributed by atoms with van der Waals surface area (Å²) in [5.74, 6) is 0.196. The van der Waals surface area contributed by atoms with Crippen molar-refractivity contribution < 1.29 is 9.59 Å². The van der Waals surface area contributed by atoms with Crippen LogP contribution in [0.4, 0.5) is 0 Å². The third-order valence-electron chi connectivity index (χ3n) is 4.60. The summed E-state index contributed by atoms with van der Waals surface area (Å²) in [6.07, 6.45) is 4.89. The van der Waals surface area contributed by atoms with Crippen molar-refractivity contribution in [2.45, 2.75) is 38.5 Å². The lowest BCUT2D eigenvalue weighted by Crippen LogP contribution is -2.34. The number of carbonyl (C=O) groups is 2. The van der Waals surface area contributed by atoms with E-state index in [-0.39, 0.29) is 18.2 Å². The second kappa shape index (κ2) is 9.85. The highest BCUT2D eigenvalue weighted by molar-refractivity contribution is 7.13. The molecule has 2 aromatic rings. The second-order valence-electron chi connectivity index (χ2n) is 6.70. The minimum Gasteiger partial charge on any atom is -0.356 e. The molecule has 1 aliphatic heterocycles. The van der Waals surface area contributed by atoms with Gasteiger partial charge in [-0.1, -0.05) is 36.2 Å². The number of carbonyl (C=O) groups excluding carboxylic acids is 2. The van der Waals surface area contributed by atoms with Crippen LogP contribution in [0.3, 0.4) is 0 Å². The number of nitrogens with one attached hydrogen (secondary N) is 1. The number of hydrogen-bond acceptors (Lipinski definition) is 4. The molecule has 3 rings (SSSR count). The van der Waals surface area contributed by atoms with Crippen LogP contribution in [0, 0.1) is 0 Å². The fourth-order valence-corrected chi connectivity index (χ4v) is 4.29. The molecule has 0 unspecified atom stereocenters. The zero-order valence-corrected chi connectivity index (χ0v) is 16.8. The Hall–Kier alpha value is -1.92. The van der Waals surface area contributed by atoms with Crippen LogP contribution < -0.4 is 5.32 Å². The third-order valence-corrected chi connectivity index (χ3v) is 5.85. The number of likely N-dealkylation sites (tertiary alicyclic amines) is 1. The van der Waals surface area contributed by atoms with Crippen LogP contribution in [0.5, 0.6) is 0 Å². The maximum Gasteiger partial charge on any atom is 0.226 e. The summed E-state index contributed by atoms with van der Waals surface area (Å²) in [7, 11) is 0. The Kier molecular flexibility index (Phi) is 7.24. The normalized spacial score (nSPS) is 14.9. The van der Waals surface area contributed by atoms with Gasteiger partial charge in [0.1, 0.15) is 5.01 Å². The molecule has 144 valence electrons. The largest absolute Gasteiger partial charge is 0.356 e. The summed E-state index contributed by atoms with van der Waals surface area (Å²) in [4.78, 5) is 30.5. The third kappa shape index (κ3) is 5.78. The molecule has 0 radical (unpaired) electrons. The maximum absolute atomic E-state index is 12.1. The van der Waals surface area contributed by atoms with E-state index in [0.29, 0.717) is 24.5 Å². The number of hydrogen-bond donors (Lipinski definition) is 1. The highest BCUT2D eigenvalue weighted by atomic mass is 35.5. The van der Waals surface area contributed by atoms with Crippen LogP contribution in [-0.4, -0.2) is 41.3 Å². The Morgan fingerprint density at radius 2 is 2.11 bits per heavy atom. The summed E-state index contributed by atoms with van der Waals surface area (Å²) in [6.45, 7) is 2.13. The number of nitrogens with zero attached hydrogens (tertiary/aromatic N) is 2. The molecule has 2 heterocycles. The monoisotopic (exact) mass is 405 g/mol. The lowest BCUT2D eigenvalue weighted by Gasteiger charge is -2.20. The van der Waals surface area contributed by atoms with Crippen LogP contribution >= 0.6 is 22.9 Å². The number of rotatable bonds is 7. The van der Waals surface area contributed by atoms with Gasteiger partial charge in [0, 0.05) is 37.0 Å². The first-order valence-corrected chi connectivity index (χ1v) is 10.6. The topological polar surface area (TPSA) is 62.3 Å². The zero-order chi connectivity index (χ0) is 19.1. The van der Waals surface area contributed by atoms with Crippen molar-refractivity contribution in [1.29, 1.82) is 0 Å². The van der Waals surface area contributed by atoms with Crippen molar-refractivity contribution in [3.05, 3.63) is 40.4 Å². The smallest absolute Gasteiger partial charge is 0.226 e. The van der Waals surface area contributed by atoms with Crippen molar-refractivity contribution in [3.63, 3.8) is 0 Å². The lowest BCUT2D eigenvalue weighted by molar-refractivity contribution is -0.130. The molecule has 1 N–H and O–H groups in total. The van der Waals surface area contributed by atoms with Gasteiger partial charge in [-0.3, -0.25) is 9.59 Å². The van der Waals surface area contributed by atoms with E-state index in [1.165, 1.54) is 11.3 Å². The highest BCUT2D eigenvalue weighted by Crippen LogP contribution is 2.30. The predicted octanol–water partition coefficient (Wildman–Crippen LogP) is 3.91. The summed E-state index contributed by atoms with van der Waals surface area (Å²) in [5, 5.41) is 6.30. The van der Waals surface area contributed by atoms with E-state index in [9.17, 15) is 9.59 Å². The van der Waals surface area contributed by atoms with Crippen molar-refractivity contribution in [3.8, 4) is 10.6 Å². The first kappa shape index (κ1) is 19.8. The number of amides is 2. The average Bonchev–Trinajstić information content (AvgIpc) is 3.01. The second-order valence-corrected chi connectivity index (χ2v) is 7.96. The zero-order valence-electron chi connectivity index (χ0n) is 15.2. The molecule has 0 atom stereocenters. The maximum atomic E-state index is 12.1. The molecule has 1 saturated heterocycles. The van der Waals surface area contributed by atoms with Gasteiger partial charge in [0.2, 0.25) is 11.8 Å². The van der Waals surface area contributed by atoms with E-state index in [4.69, 9.17) is 11.6 Å². The molecular formula is C20H24ClN3O2S. The fourth-order valence-electron chi connectivity index (χ4n) is 3.15. The van der Waals surface area contributed by atoms with Gasteiger partial charge in [0.15, 0.2) is 0 Å². The first-order chi connectivity index (χ1) is 13.1. The summed E-state index contributed by atoms with van der Waals surface area (Å²) in [5.41, 5.74) is 1.63. The Morgan fingerprint density at radius 1 is 1.26 bits per heavy atom. The number of aromatic nitrogens is 1. The molecule has 1 aromatic heterocycles. The van der Waals surface area contributed by atoms with E-state index >= 15 is 0 Å². The van der Waals surface area contributed by atoms with Crippen molar-refractivity contribution in [1.82, 2.24) is 15.2 Å². The summed E-state index contributed by atoms with van der Waals surface area (Å²) in [6, 6.07) is 7.56. The number of halogens is 1. The Labute approximate surface area is 168 Å². The van der Waals surface area contributed by atoms with E-state index < -0.39 is 0 Å². The van der Waals surface area contributed by atoms with Crippen LogP contribution in [0.2, 0.25) is 5.02 Å². The average molecular weight is 406 g/mol. The van der Waals surface area contributed by atoms with E-state index in [1.807, 2.05) is 34.5 Å². The molecule has 5 nitrogen and oxygen atoms in total. The van der Waals surface area contributed by atoms with Gasteiger partial charge in [0.25, 0.3) is 0 Å². The number of thiazole rings is 1. The van der Waals surface area contributed by atoms with Crippen LogP contribution in [0.1, 0.15) is 37.8 Å². The van der Waals surface area contributed by atoms with Crippen molar-refractivity contribution in [2.75, 3.05) is 19.6 Å². The van der Waals surface area contributed by atoms with E-state index in [0.717, 1.165) is 48.5 Å². The molecule has 0 bridgehead atoms. The molecule has 27 heavy (non-hydrogen) atoms. The molecule has 2 amide bonds. The van der Waals surface area contributed by atoms with Crippen LogP contribution in [-0.2, 0) is 16.0 Å². The van der Waals surface area contributed by atoms with Gasteiger partial charge in [-0.2, -0.15) is 0 Å². The SMILES string of the molecule is O=C(Cc1csc(-c2ccccc2Cl)n1)NCCCN1CCCCCC1=O. The Morgan fingerprint density at radius 3 is 2.96 bits per heavy atom. The van der Waals surface area contributed by atoms with Gasteiger partial charge in [-0.05, 0) is 25.3 Å².